The average molecular weight is 193 g/mol. The monoisotopic (exact) mass is 193 g/mol. The predicted octanol–water partition coefficient (Wildman–Crippen LogP) is 1.59. The van der Waals surface area contributed by atoms with E-state index in [2.05, 4.69) is 44.2 Å². The highest BCUT2D eigenvalue weighted by Gasteiger charge is 2.18. The summed E-state index contributed by atoms with van der Waals surface area (Å²) in [5.74, 6) is 0. The maximum atomic E-state index is 5.20. The Bertz CT molecular complexity index is 244. The number of hydrogen-bond donors (Lipinski definition) is 0. The quantitative estimate of drug-likeness (QED) is 0.660. The average Bonchev–Trinajstić information content (AvgIpc) is 2.04. The van der Waals surface area contributed by atoms with Crippen molar-refractivity contribution in [2.75, 3.05) is 13.7 Å². The third-order valence-electron chi connectivity index (χ3n) is 1.87. The van der Waals surface area contributed by atoms with Crippen LogP contribution < -0.4 is 5.19 Å². The topological polar surface area (TPSA) is 9.23 Å². The van der Waals surface area contributed by atoms with Gasteiger partial charge in [0.2, 0.25) is 0 Å². The summed E-state index contributed by atoms with van der Waals surface area (Å²) in [6.45, 7) is 5.37. The van der Waals surface area contributed by atoms with E-state index in [-0.39, 0.29) is 0 Å². The lowest BCUT2D eigenvalue weighted by Crippen LogP contribution is -2.28. The van der Waals surface area contributed by atoms with E-state index in [1.807, 2.05) is 0 Å². The summed E-state index contributed by atoms with van der Waals surface area (Å²) in [5.41, 5.74) is 0. The summed E-state index contributed by atoms with van der Waals surface area (Å²) >= 11 is 0. The molecule has 71 valence electrons. The molecule has 0 atom stereocenters. The van der Waals surface area contributed by atoms with Gasteiger partial charge >= 0.3 is 0 Å². The maximum Gasteiger partial charge on any atom is 0.0752 e. The zero-order valence-corrected chi connectivity index (χ0v) is 9.73. The molecule has 0 N–H and O–H groups in total. The Kier molecular flexibility index (Phi) is 3.69. The van der Waals surface area contributed by atoms with Crippen molar-refractivity contribution in [1.29, 1.82) is 0 Å². The maximum absolute atomic E-state index is 5.20. The molecule has 1 radical (unpaired) electrons. The lowest BCUT2D eigenvalue weighted by molar-refractivity contribution is 0.173. The largest absolute Gasteiger partial charge is 0.384 e. The van der Waals surface area contributed by atoms with Crippen molar-refractivity contribution in [3.8, 4) is 0 Å². The first-order chi connectivity index (χ1) is 6.14. The third-order valence-corrected chi connectivity index (χ3v) is 3.54. The lowest BCUT2D eigenvalue weighted by Gasteiger charge is -2.22. The van der Waals surface area contributed by atoms with Crippen LogP contribution in [0.2, 0.25) is 5.04 Å². The molecule has 1 aromatic carbocycles. The van der Waals surface area contributed by atoms with E-state index < -0.39 is 0 Å². The van der Waals surface area contributed by atoms with E-state index in [1.165, 1.54) is 5.19 Å². The van der Waals surface area contributed by atoms with Crippen LogP contribution >= 0.6 is 0 Å². The molecular weight excluding hydrogens is 176 g/mol. The molecule has 1 nitrogen and oxygen atoms in total. The van der Waals surface area contributed by atoms with Crippen LogP contribution in [-0.2, 0) is 4.74 Å². The van der Waals surface area contributed by atoms with E-state index in [1.54, 1.807) is 7.11 Å². The molecule has 0 aliphatic carbocycles. The molecule has 0 amide bonds. The van der Waals surface area contributed by atoms with Gasteiger partial charge in [-0.15, -0.1) is 0 Å². The van der Waals surface area contributed by atoms with Crippen LogP contribution in [0.1, 0.15) is 13.8 Å². The molecule has 0 saturated heterocycles. The van der Waals surface area contributed by atoms with E-state index in [9.17, 15) is 0 Å². The normalized spacial score (nSPS) is 11.6. The molecular formula is C11H17OSi. The van der Waals surface area contributed by atoms with Gasteiger partial charge in [0, 0.05) is 13.7 Å². The van der Waals surface area contributed by atoms with Gasteiger partial charge in [-0.05, 0) is 5.04 Å². The van der Waals surface area contributed by atoms with Gasteiger partial charge in [0.05, 0.1) is 9.52 Å². The number of rotatable bonds is 4. The lowest BCUT2D eigenvalue weighted by atomic mass is 10.2. The van der Waals surface area contributed by atoms with Crippen molar-refractivity contribution < 1.29 is 4.74 Å². The molecule has 2 heteroatoms. The minimum absolute atomic E-state index is 0.297. The van der Waals surface area contributed by atoms with Crippen molar-refractivity contribution in [3.63, 3.8) is 0 Å². The summed E-state index contributed by atoms with van der Waals surface area (Å²) in [6.07, 6.45) is 0. The minimum Gasteiger partial charge on any atom is -0.384 e. The fourth-order valence-corrected chi connectivity index (χ4v) is 2.98. The molecule has 0 fully saturated rings. The van der Waals surface area contributed by atoms with Gasteiger partial charge in [0.25, 0.3) is 0 Å². The van der Waals surface area contributed by atoms with E-state index >= 15 is 0 Å². The van der Waals surface area contributed by atoms with Gasteiger partial charge in [0.1, 0.15) is 0 Å². The van der Waals surface area contributed by atoms with Crippen molar-refractivity contribution in [3.05, 3.63) is 30.3 Å². The molecule has 0 aromatic heterocycles. The molecule has 0 spiro atoms. The van der Waals surface area contributed by atoms with Crippen LogP contribution in [0.5, 0.6) is 0 Å². The number of ether oxygens (including phenoxy) is 1. The standard InChI is InChI=1S/C11H17OSi/c1-11(2,9-12-3)13-10-7-5-4-6-8-10/h4-8,13H,9H2,1-3H3. The Labute approximate surface area is 82.9 Å². The first-order valence-corrected chi connectivity index (χ1v) is 5.69. The first kappa shape index (κ1) is 10.5. The highest BCUT2D eigenvalue weighted by atomic mass is 28.2. The molecule has 0 heterocycles. The second-order valence-electron chi connectivity index (χ2n) is 3.98. The molecule has 0 saturated carbocycles. The highest BCUT2D eigenvalue weighted by Crippen LogP contribution is 2.21. The van der Waals surface area contributed by atoms with Gasteiger partial charge in [-0.2, -0.15) is 0 Å². The van der Waals surface area contributed by atoms with Crippen LogP contribution in [-0.4, -0.2) is 23.2 Å². The van der Waals surface area contributed by atoms with Crippen molar-refractivity contribution in [2.45, 2.75) is 18.9 Å². The third kappa shape index (κ3) is 3.74. The Morgan fingerprint density at radius 1 is 1.23 bits per heavy atom. The molecule has 0 aliphatic rings. The van der Waals surface area contributed by atoms with Crippen LogP contribution in [0.25, 0.3) is 0 Å². The zero-order valence-electron chi connectivity index (χ0n) is 8.58. The second-order valence-corrected chi connectivity index (χ2v) is 6.49. The summed E-state index contributed by atoms with van der Waals surface area (Å²) in [4.78, 5) is 0. The summed E-state index contributed by atoms with van der Waals surface area (Å²) in [6, 6.07) is 10.7. The summed E-state index contributed by atoms with van der Waals surface area (Å²) in [7, 11) is 2.07. The van der Waals surface area contributed by atoms with Crippen LogP contribution in [0, 0.1) is 0 Å². The van der Waals surface area contributed by atoms with Crippen LogP contribution in [0.4, 0.5) is 0 Å². The smallest absolute Gasteiger partial charge is 0.0752 e. The molecule has 1 rings (SSSR count). The van der Waals surface area contributed by atoms with Crippen molar-refractivity contribution in [1.82, 2.24) is 0 Å². The van der Waals surface area contributed by atoms with Crippen molar-refractivity contribution >= 4 is 14.7 Å². The number of methoxy groups -OCH3 is 1. The van der Waals surface area contributed by atoms with Gasteiger partial charge in [0.15, 0.2) is 0 Å². The molecule has 0 bridgehead atoms. The minimum atomic E-state index is 0.297. The fourth-order valence-electron chi connectivity index (χ4n) is 1.41. The van der Waals surface area contributed by atoms with Crippen LogP contribution in [0.15, 0.2) is 30.3 Å². The molecule has 13 heavy (non-hydrogen) atoms. The SMILES string of the molecule is COCC(C)(C)[SiH]c1ccccc1. The summed E-state index contributed by atoms with van der Waals surface area (Å²) < 4.78 is 5.20. The van der Waals surface area contributed by atoms with Gasteiger partial charge < -0.3 is 4.74 Å². The Balaban J connectivity index is 2.58. The molecule has 0 unspecified atom stereocenters. The van der Waals surface area contributed by atoms with Gasteiger partial charge in [-0.3, -0.25) is 0 Å². The fraction of sp³-hybridized carbons (Fsp3) is 0.455. The highest BCUT2D eigenvalue weighted by molar-refractivity contribution is 6.56. The van der Waals surface area contributed by atoms with Gasteiger partial charge in [-0.25, -0.2) is 0 Å². The molecule has 0 aliphatic heterocycles. The zero-order chi connectivity index (χ0) is 9.73. The number of hydrogen-bond acceptors (Lipinski definition) is 1. The predicted molar refractivity (Wildman–Crippen MR) is 59.1 cm³/mol. The van der Waals surface area contributed by atoms with Gasteiger partial charge in [-0.1, -0.05) is 49.4 Å². The number of benzene rings is 1. The Hall–Kier alpha value is -0.603. The van der Waals surface area contributed by atoms with E-state index in [4.69, 9.17) is 4.74 Å². The molecule has 1 aromatic rings. The van der Waals surface area contributed by atoms with E-state index in [0.717, 1.165) is 6.61 Å². The van der Waals surface area contributed by atoms with E-state index in [0.29, 0.717) is 14.6 Å². The first-order valence-electron chi connectivity index (χ1n) is 4.54. The van der Waals surface area contributed by atoms with Crippen LogP contribution in [0.3, 0.4) is 0 Å². The Morgan fingerprint density at radius 2 is 1.85 bits per heavy atom. The van der Waals surface area contributed by atoms with Crippen molar-refractivity contribution in [2.24, 2.45) is 0 Å². The summed E-state index contributed by atoms with van der Waals surface area (Å²) in [5, 5.41) is 1.78. The Morgan fingerprint density at radius 3 is 2.38 bits per heavy atom. The second kappa shape index (κ2) is 4.58.